The van der Waals surface area contributed by atoms with Gasteiger partial charge in [-0.1, -0.05) is 12.1 Å². The highest BCUT2D eigenvalue weighted by molar-refractivity contribution is 7.87. The highest BCUT2D eigenvalue weighted by Gasteiger charge is 2.32. The molecule has 1 aliphatic rings. The number of carbonyl (C=O) groups excluding carboxylic acids is 1. The van der Waals surface area contributed by atoms with Crippen LogP contribution in [0.2, 0.25) is 0 Å². The Bertz CT molecular complexity index is 460. The van der Waals surface area contributed by atoms with Gasteiger partial charge in [-0.3, -0.25) is 0 Å². The molecular formula is C10H19N3O5S. The molecule has 1 amide bonds. The van der Waals surface area contributed by atoms with Gasteiger partial charge in [0.15, 0.2) is 0 Å². The predicted octanol–water partition coefficient (Wildman–Crippen LogP) is 0.538. The van der Waals surface area contributed by atoms with Crippen LogP contribution in [0.3, 0.4) is 0 Å². The molecule has 0 aromatic carbocycles. The van der Waals surface area contributed by atoms with Gasteiger partial charge in [0.1, 0.15) is 0 Å². The zero-order valence-electron chi connectivity index (χ0n) is 11.2. The van der Waals surface area contributed by atoms with Crippen molar-refractivity contribution in [2.75, 3.05) is 13.1 Å². The maximum atomic E-state index is 11.9. The van der Waals surface area contributed by atoms with Crippen molar-refractivity contribution in [3.8, 4) is 0 Å². The molecule has 0 aromatic heterocycles. The van der Waals surface area contributed by atoms with Gasteiger partial charge in [0, 0.05) is 25.4 Å². The van der Waals surface area contributed by atoms with Crippen LogP contribution in [0.1, 0.15) is 27.2 Å². The average Bonchev–Trinajstić information content (AvgIpc) is 2.26. The van der Waals surface area contributed by atoms with E-state index in [1.54, 1.807) is 20.8 Å². The van der Waals surface area contributed by atoms with Crippen LogP contribution in [0.25, 0.3) is 0 Å². The van der Waals surface area contributed by atoms with Crippen molar-refractivity contribution in [3.05, 3.63) is 0 Å². The lowest BCUT2D eigenvalue weighted by molar-refractivity contribution is 0.121. The van der Waals surface area contributed by atoms with Crippen LogP contribution < -0.4 is 4.72 Å². The summed E-state index contributed by atoms with van der Waals surface area (Å²) in [5.74, 6) is -0.198. The summed E-state index contributed by atoms with van der Waals surface area (Å²) in [5.41, 5.74) is 0.552. The van der Waals surface area contributed by atoms with E-state index in [2.05, 4.69) is 5.16 Å². The molecule has 0 saturated carbocycles. The fraction of sp³-hybridized carbons (Fsp3) is 0.800. The fourth-order valence-electron chi connectivity index (χ4n) is 1.76. The van der Waals surface area contributed by atoms with Crippen LogP contribution in [0.15, 0.2) is 5.16 Å². The van der Waals surface area contributed by atoms with Crippen molar-refractivity contribution >= 4 is 22.0 Å². The Balaban J connectivity index is 2.67. The van der Waals surface area contributed by atoms with E-state index >= 15 is 0 Å². The lowest BCUT2D eigenvalue weighted by Crippen LogP contribution is -2.49. The molecule has 8 nitrogen and oxygen atoms in total. The standard InChI is InChI=1S/C10H19N3O5S/c1-7(2)18-10(14)12-19(16,17)13-5-4-9(11-15)8(3)6-13/h7-8,15H,4-6H2,1-3H3,(H,12,14). The molecule has 1 fully saturated rings. The Kier molecular flexibility index (Phi) is 5.12. The van der Waals surface area contributed by atoms with Gasteiger partial charge < -0.3 is 9.94 Å². The van der Waals surface area contributed by atoms with E-state index in [0.29, 0.717) is 12.1 Å². The minimum Gasteiger partial charge on any atom is -0.446 e. The third-order valence-corrected chi connectivity index (χ3v) is 4.12. The average molecular weight is 293 g/mol. The third-order valence-electron chi connectivity index (χ3n) is 2.69. The van der Waals surface area contributed by atoms with E-state index < -0.39 is 22.4 Å². The number of rotatable bonds is 3. The summed E-state index contributed by atoms with van der Waals surface area (Å²) in [6.45, 7) is 5.32. The molecule has 1 aliphatic heterocycles. The lowest BCUT2D eigenvalue weighted by atomic mass is 10.00. The van der Waals surface area contributed by atoms with Gasteiger partial charge in [-0.25, -0.2) is 9.52 Å². The third kappa shape index (κ3) is 4.35. The Morgan fingerprint density at radius 1 is 1.58 bits per heavy atom. The highest BCUT2D eigenvalue weighted by atomic mass is 32.2. The van der Waals surface area contributed by atoms with E-state index in [1.807, 2.05) is 4.72 Å². The monoisotopic (exact) mass is 293 g/mol. The molecule has 0 aromatic rings. The smallest absolute Gasteiger partial charge is 0.422 e. The molecular weight excluding hydrogens is 274 g/mol. The first kappa shape index (κ1) is 15.7. The quantitative estimate of drug-likeness (QED) is 0.583. The van der Waals surface area contributed by atoms with Gasteiger partial charge in [-0.15, -0.1) is 0 Å². The van der Waals surface area contributed by atoms with Crippen molar-refractivity contribution in [3.63, 3.8) is 0 Å². The Morgan fingerprint density at radius 2 is 2.21 bits per heavy atom. The molecule has 1 rings (SSSR count). The van der Waals surface area contributed by atoms with Gasteiger partial charge in [0.2, 0.25) is 0 Å². The summed E-state index contributed by atoms with van der Waals surface area (Å²) in [4.78, 5) is 11.3. The molecule has 0 spiro atoms. The first-order valence-corrected chi connectivity index (χ1v) is 7.39. The van der Waals surface area contributed by atoms with Crippen molar-refractivity contribution < 1.29 is 23.2 Å². The molecule has 110 valence electrons. The van der Waals surface area contributed by atoms with Crippen LogP contribution in [0.5, 0.6) is 0 Å². The van der Waals surface area contributed by atoms with Crippen molar-refractivity contribution in [1.82, 2.24) is 9.03 Å². The van der Waals surface area contributed by atoms with Crippen molar-refractivity contribution in [2.45, 2.75) is 33.3 Å². The Hall–Kier alpha value is -1.35. The number of nitrogens with zero attached hydrogens (tertiary/aromatic N) is 2. The zero-order valence-corrected chi connectivity index (χ0v) is 12.0. The Morgan fingerprint density at radius 3 is 2.68 bits per heavy atom. The number of ether oxygens (including phenoxy) is 1. The first-order chi connectivity index (χ1) is 8.76. The molecule has 9 heteroatoms. The maximum absolute atomic E-state index is 11.9. The van der Waals surface area contributed by atoms with Crippen LogP contribution in [-0.2, 0) is 14.9 Å². The molecule has 1 unspecified atom stereocenters. The Labute approximate surface area is 112 Å². The van der Waals surface area contributed by atoms with Crippen LogP contribution in [0, 0.1) is 5.92 Å². The summed E-state index contributed by atoms with van der Waals surface area (Å²) in [5, 5.41) is 11.9. The number of hydrogen-bond acceptors (Lipinski definition) is 6. The molecule has 0 bridgehead atoms. The molecule has 0 radical (unpaired) electrons. The maximum Gasteiger partial charge on any atom is 0.422 e. The predicted molar refractivity (Wildman–Crippen MR) is 68.2 cm³/mol. The summed E-state index contributed by atoms with van der Waals surface area (Å²) in [6, 6.07) is 0. The number of amides is 1. The lowest BCUT2D eigenvalue weighted by Gasteiger charge is -2.30. The minimum atomic E-state index is -3.92. The summed E-state index contributed by atoms with van der Waals surface area (Å²) < 4.78 is 31.6. The SMILES string of the molecule is CC(C)OC(=O)NS(=O)(=O)N1CCC(=NO)C(C)C1. The summed E-state index contributed by atoms with van der Waals surface area (Å²) in [6.07, 6.45) is -1.06. The van der Waals surface area contributed by atoms with Gasteiger partial charge in [-0.2, -0.15) is 12.7 Å². The second kappa shape index (κ2) is 6.20. The topological polar surface area (TPSA) is 108 Å². The van der Waals surface area contributed by atoms with Crippen LogP contribution >= 0.6 is 0 Å². The molecule has 1 saturated heterocycles. The number of carbonyl (C=O) groups is 1. The molecule has 2 N–H and O–H groups in total. The van der Waals surface area contributed by atoms with E-state index in [4.69, 9.17) is 9.94 Å². The van der Waals surface area contributed by atoms with Crippen molar-refractivity contribution in [1.29, 1.82) is 0 Å². The van der Waals surface area contributed by atoms with Crippen LogP contribution in [0.4, 0.5) is 4.79 Å². The first-order valence-electron chi connectivity index (χ1n) is 5.95. The molecule has 1 atom stereocenters. The summed E-state index contributed by atoms with van der Waals surface area (Å²) >= 11 is 0. The van der Waals surface area contributed by atoms with E-state index in [0.717, 1.165) is 4.31 Å². The van der Waals surface area contributed by atoms with E-state index in [-0.39, 0.29) is 19.0 Å². The van der Waals surface area contributed by atoms with Gasteiger partial charge in [0.05, 0.1) is 11.8 Å². The number of nitrogens with one attached hydrogen (secondary N) is 1. The zero-order chi connectivity index (χ0) is 14.6. The second-order valence-electron chi connectivity index (χ2n) is 4.66. The fourth-order valence-corrected chi connectivity index (χ4v) is 2.90. The molecule has 1 heterocycles. The van der Waals surface area contributed by atoms with Crippen LogP contribution in [-0.4, -0.2) is 48.9 Å². The largest absolute Gasteiger partial charge is 0.446 e. The molecule has 19 heavy (non-hydrogen) atoms. The number of piperidine rings is 1. The van der Waals surface area contributed by atoms with Gasteiger partial charge in [-0.05, 0) is 13.8 Å². The number of hydrogen-bond donors (Lipinski definition) is 2. The number of oxime groups is 1. The highest BCUT2D eigenvalue weighted by Crippen LogP contribution is 2.16. The van der Waals surface area contributed by atoms with Gasteiger partial charge >= 0.3 is 16.3 Å². The van der Waals surface area contributed by atoms with E-state index in [1.165, 1.54) is 0 Å². The normalized spacial score (nSPS) is 23.6. The van der Waals surface area contributed by atoms with Gasteiger partial charge in [0.25, 0.3) is 0 Å². The second-order valence-corrected chi connectivity index (χ2v) is 6.33. The summed E-state index contributed by atoms with van der Waals surface area (Å²) in [7, 11) is -3.92. The van der Waals surface area contributed by atoms with Crippen molar-refractivity contribution in [2.24, 2.45) is 11.1 Å². The molecule has 0 aliphatic carbocycles. The minimum absolute atomic E-state index is 0.156. The van der Waals surface area contributed by atoms with E-state index in [9.17, 15) is 13.2 Å².